The molecule has 0 aromatic rings. The van der Waals surface area contributed by atoms with Crippen molar-refractivity contribution in [3.63, 3.8) is 0 Å². The van der Waals surface area contributed by atoms with Gasteiger partial charge in [0.15, 0.2) is 0 Å². The van der Waals surface area contributed by atoms with Crippen LogP contribution in [0.5, 0.6) is 0 Å². The van der Waals surface area contributed by atoms with Crippen molar-refractivity contribution in [1.29, 1.82) is 0 Å². The molecule has 0 radical (unpaired) electrons. The highest BCUT2D eigenvalue weighted by Gasteiger charge is 2.22. The average molecular weight is 241 g/mol. The lowest BCUT2D eigenvalue weighted by atomic mass is 10.0. The van der Waals surface area contributed by atoms with Gasteiger partial charge in [0.1, 0.15) is 5.60 Å². The molecule has 0 atom stereocenters. The molecule has 1 aliphatic rings. The lowest BCUT2D eigenvalue weighted by Gasteiger charge is -2.27. The third kappa shape index (κ3) is 5.94. The molecule has 0 spiro atoms. The highest BCUT2D eigenvalue weighted by atomic mass is 16.6. The van der Waals surface area contributed by atoms with Crippen LogP contribution < -0.4 is 0 Å². The summed E-state index contributed by atoms with van der Waals surface area (Å²) in [7, 11) is 1.85. The van der Waals surface area contributed by atoms with Crippen molar-refractivity contribution in [1.82, 2.24) is 4.90 Å². The van der Waals surface area contributed by atoms with Gasteiger partial charge in [-0.05, 0) is 39.5 Å². The van der Waals surface area contributed by atoms with Crippen LogP contribution in [0.2, 0.25) is 0 Å². The van der Waals surface area contributed by atoms with Crippen molar-refractivity contribution in [2.45, 2.75) is 64.9 Å². The van der Waals surface area contributed by atoms with Crippen LogP contribution in [0.15, 0.2) is 0 Å². The van der Waals surface area contributed by atoms with Gasteiger partial charge in [0.2, 0.25) is 0 Å². The van der Waals surface area contributed by atoms with Gasteiger partial charge in [-0.1, -0.05) is 25.7 Å². The number of carbonyl (C=O) groups excluding carboxylic acids is 1. The second-order valence-corrected chi connectivity index (χ2v) is 6.22. The molecule has 0 aliphatic heterocycles. The van der Waals surface area contributed by atoms with Crippen LogP contribution in [0.1, 0.15) is 59.3 Å². The maximum atomic E-state index is 11.8. The molecular formula is C14H27NO2. The fourth-order valence-electron chi connectivity index (χ4n) is 2.35. The Labute approximate surface area is 106 Å². The summed E-state index contributed by atoms with van der Waals surface area (Å²) in [6.07, 6.45) is 7.65. The van der Waals surface area contributed by atoms with Crippen LogP contribution in [0.3, 0.4) is 0 Å². The molecule has 0 N–H and O–H groups in total. The van der Waals surface area contributed by atoms with E-state index in [1.165, 1.54) is 38.5 Å². The topological polar surface area (TPSA) is 29.5 Å². The predicted molar refractivity (Wildman–Crippen MR) is 70.1 cm³/mol. The average Bonchev–Trinajstić information content (AvgIpc) is 2.43. The molecule has 1 rings (SSSR count). The summed E-state index contributed by atoms with van der Waals surface area (Å²) in [5.41, 5.74) is -0.394. The van der Waals surface area contributed by atoms with Gasteiger partial charge in [-0.3, -0.25) is 0 Å². The maximum absolute atomic E-state index is 11.8. The Morgan fingerprint density at radius 1 is 1.18 bits per heavy atom. The van der Waals surface area contributed by atoms with E-state index in [0.717, 1.165) is 6.54 Å². The molecule has 17 heavy (non-hydrogen) atoms. The summed E-state index contributed by atoms with van der Waals surface area (Å²) in [4.78, 5) is 13.6. The van der Waals surface area contributed by atoms with Gasteiger partial charge in [-0.2, -0.15) is 0 Å². The molecule has 0 aromatic heterocycles. The second-order valence-electron chi connectivity index (χ2n) is 6.22. The first kappa shape index (κ1) is 14.3. The molecule has 3 heteroatoms. The minimum absolute atomic E-state index is 0.193. The SMILES string of the molecule is CN(CC1CCCCCC1)C(=O)OC(C)(C)C. The zero-order valence-electron chi connectivity index (χ0n) is 11.8. The van der Waals surface area contributed by atoms with Crippen LogP contribution in [-0.4, -0.2) is 30.2 Å². The quantitative estimate of drug-likeness (QED) is 0.688. The van der Waals surface area contributed by atoms with E-state index >= 15 is 0 Å². The summed E-state index contributed by atoms with van der Waals surface area (Å²) in [5.74, 6) is 0.662. The second kappa shape index (κ2) is 6.27. The summed E-state index contributed by atoms with van der Waals surface area (Å²) in [6, 6.07) is 0. The minimum Gasteiger partial charge on any atom is -0.444 e. The summed E-state index contributed by atoms with van der Waals surface area (Å²) < 4.78 is 5.36. The van der Waals surface area contributed by atoms with E-state index in [2.05, 4.69) is 0 Å². The first-order valence-electron chi connectivity index (χ1n) is 6.82. The van der Waals surface area contributed by atoms with E-state index in [9.17, 15) is 4.79 Å². The Bertz CT molecular complexity index is 237. The highest BCUT2D eigenvalue weighted by Crippen LogP contribution is 2.23. The van der Waals surface area contributed by atoms with Crippen molar-refractivity contribution < 1.29 is 9.53 Å². The zero-order valence-corrected chi connectivity index (χ0v) is 11.8. The lowest BCUT2D eigenvalue weighted by Crippen LogP contribution is -2.36. The minimum atomic E-state index is -0.394. The number of amides is 1. The zero-order chi connectivity index (χ0) is 12.9. The van der Waals surface area contributed by atoms with Crippen LogP contribution in [0.25, 0.3) is 0 Å². The third-order valence-corrected chi connectivity index (χ3v) is 3.21. The normalized spacial score (nSPS) is 18.6. The van der Waals surface area contributed by atoms with Crippen LogP contribution in [0.4, 0.5) is 4.79 Å². The number of carbonyl (C=O) groups is 1. The van der Waals surface area contributed by atoms with Crippen molar-refractivity contribution in [3.8, 4) is 0 Å². The predicted octanol–water partition coefficient (Wildman–Crippen LogP) is 3.82. The van der Waals surface area contributed by atoms with E-state index in [1.807, 2.05) is 27.8 Å². The third-order valence-electron chi connectivity index (χ3n) is 3.21. The lowest BCUT2D eigenvalue weighted by molar-refractivity contribution is 0.0269. The van der Waals surface area contributed by atoms with Crippen LogP contribution in [-0.2, 0) is 4.74 Å². The largest absolute Gasteiger partial charge is 0.444 e. The molecule has 1 fully saturated rings. The molecule has 1 amide bonds. The Morgan fingerprint density at radius 3 is 2.18 bits per heavy atom. The van der Waals surface area contributed by atoms with Crippen molar-refractivity contribution in [3.05, 3.63) is 0 Å². The molecule has 0 saturated heterocycles. The van der Waals surface area contributed by atoms with Crippen LogP contribution >= 0.6 is 0 Å². The smallest absolute Gasteiger partial charge is 0.410 e. The summed E-state index contributed by atoms with van der Waals surface area (Å²) in [5, 5.41) is 0. The van der Waals surface area contributed by atoms with Crippen LogP contribution in [0, 0.1) is 5.92 Å². The number of ether oxygens (including phenoxy) is 1. The van der Waals surface area contributed by atoms with E-state index in [-0.39, 0.29) is 6.09 Å². The molecule has 0 heterocycles. The Hall–Kier alpha value is -0.730. The van der Waals surface area contributed by atoms with E-state index in [4.69, 9.17) is 4.74 Å². The van der Waals surface area contributed by atoms with Crippen molar-refractivity contribution in [2.75, 3.05) is 13.6 Å². The highest BCUT2D eigenvalue weighted by molar-refractivity contribution is 5.67. The van der Waals surface area contributed by atoms with Gasteiger partial charge in [-0.25, -0.2) is 4.79 Å². The first-order valence-corrected chi connectivity index (χ1v) is 6.82. The number of rotatable bonds is 2. The molecule has 3 nitrogen and oxygen atoms in total. The summed E-state index contributed by atoms with van der Waals surface area (Å²) >= 11 is 0. The molecule has 1 aliphatic carbocycles. The Balaban J connectivity index is 2.36. The van der Waals surface area contributed by atoms with Crippen molar-refractivity contribution >= 4 is 6.09 Å². The standard InChI is InChI=1S/C14H27NO2/c1-14(2,3)17-13(16)15(4)11-12-9-7-5-6-8-10-12/h12H,5-11H2,1-4H3. The molecule has 0 aromatic carbocycles. The fraction of sp³-hybridized carbons (Fsp3) is 0.929. The first-order chi connectivity index (χ1) is 7.88. The molecular weight excluding hydrogens is 214 g/mol. The number of nitrogens with zero attached hydrogens (tertiary/aromatic N) is 1. The van der Waals surface area contributed by atoms with E-state index < -0.39 is 5.60 Å². The number of hydrogen-bond donors (Lipinski definition) is 0. The van der Waals surface area contributed by atoms with Gasteiger partial charge in [0, 0.05) is 13.6 Å². The molecule has 0 bridgehead atoms. The van der Waals surface area contributed by atoms with Gasteiger partial charge in [0.25, 0.3) is 0 Å². The van der Waals surface area contributed by atoms with Gasteiger partial charge >= 0.3 is 6.09 Å². The molecule has 1 saturated carbocycles. The monoisotopic (exact) mass is 241 g/mol. The van der Waals surface area contributed by atoms with E-state index in [1.54, 1.807) is 4.90 Å². The van der Waals surface area contributed by atoms with Crippen molar-refractivity contribution in [2.24, 2.45) is 5.92 Å². The Morgan fingerprint density at radius 2 is 1.71 bits per heavy atom. The Kier molecular flexibility index (Phi) is 5.29. The number of hydrogen-bond acceptors (Lipinski definition) is 2. The fourth-order valence-corrected chi connectivity index (χ4v) is 2.35. The van der Waals surface area contributed by atoms with Gasteiger partial charge in [0.05, 0.1) is 0 Å². The maximum Gasteiger partial charge on any atom is 0.410 e. The van der Waals surface area contributed by atoms with Gasteiger partial charge in [-0.15, -0.1) is 0 Å². The van der Waals surface area contributed by atoms with E-state index in [0.29, 0.717) is 5.92 Å². The molecule has 100 valence electrons. The molecule has 0 unspecified atom stereocenters. The van der Waals surface area contributed by atoms with Gasteiger partial charge < -0.3 is 9.64 Å². The summed E-state index contributed by atoms with van der Waals surface area (Å²) in [6.45, 7) is 6.56.